The van der Waals surface area contributed by atoms with Crippen molar-refractivity contribution < 1.29 is 22.7 Å². The Morgan fingerprint density at radius 3 is 2.22 bits per heavy atom. The van der Waals surface area contributed by atoms with Gasteiger partial charge in [0.25, 0.3) is 10.0 Å². The van der Waals surface area contributed by atoms with Crippen molar-refractivity contribution in [2.45, 2.75) is 69.5 Å². The number of methoxy groups -OCH3 is 1. The molecule has 1 N–H and O–H groups in total. The van der Waals surface area contributed by atoms with Gasteiger partial charge in [0.05, 0.1) is 17.7 Å². The summed E-state index contributed by atoms with van der Waals surface area (Å²) in [5, 5.41) is 3.12. The number of amides is 2. The SMILES string of the molecule is COc1ccccc1N(CC(=O)N(Cc1ccccc1)C(C)C(=O)NC1CCCCC1)S(=O)(=O)c1ccc(C)cc1. The summed E-state index contributed by atoms with van der Waals surface area (Å²) in [6, 6.07) is 21.8. The van der Waals surface area contributed by atoms with Crippen LogP contribution in [0, 0.1) is 6.92 Å². The van der Waals surface area contributed by atoms with Crippen LogP contribution >= 0.6 is 0 Å². The Labute approximate surface area is 243 Å². The zero-order valence-electron chi connectivity index (χ0n) is 24.0. The van der Waals surface area contributed by atoms with Crippen molar-refractivity contribution in [1.29, 1.82) is 0 Å². The van der Waals surface area contributed by atoms with E-state index in [1.54, 1.807) is 43.3 Å². The van der Waals surface area contributed by atoms with Gasteiger partial charge in [0.15, 0.2) is 0 Å². The highest BCUT2D eigenvalue weighted by molar-refractivity contribution is 7.92. The normalized spacial score (nSPS) is 14.6. The highest BCUT2D eigenvalue weighted by Crippen LogP contribution is 2.32. The molecule has 41 heavy (non-hydrogen) atoms. The molecule has 2 amide bonds. The predicted molar refractivity (Wildman–Crippen MR) is 160 cm³/mol. The van der Waals surface area contributed by atoms with Crippen LogP contribution in [0.5, 0.6) is 5.75 Å². The fraction of sp³-hybridized carbons (Fsp3) is 0.375. The van der Waals surface area contributed by atoms with E-state index in [9.17, 15) is 18.0 Å². The first-order chi connectivity index (χ1) is 19.7. The number of sulfonamides is 1. The summed E-state index contributed by atoms with van der Waals surface area (Å²) in [6.45, 7) is 3.22. The number of nitrogens with zero attached hydrogens (tertiary/aromatic N) is 2. The second-order valence-electron chi connectivity index (χ2n) is 10.5. The van der Waals surface area contributed by atoms with Crippen molar-refractivity contribution in [3.63, 3.8) is 0 Å². The van der Waals surface area contributed by atoms with Crippen LogP contribution in [0.15, 0.2) is 83.8 Å². The topological polar surface area (TPSA) is 96.0 Å². The Balaban J connectivity index is 1.69. The van der Waals surface area contributed by atoms with E-state index in [1.807, 2.05) is 37.3 Å². The zero-order valence-corrected chi connectivity index (χ0v) is 24.8. The summed E-state index contributed by atoms with van der Waals surface area (Å²) in [5.74, 6) is -0.429. The molecule has 8 nitrogen and oxygen atoms in total. The van der Waals surface area contributed by atoms with Crippen molar-refractivity contribution in [3.05, 3.63) is 90.0 Å². The number of para-hydroxylation sites is 2. The van der Waals surface area contributed by atoms with Crippen LogP contribution in [-0.2, 0) is 26.2 Å². The lowest BCUT2D eigenvalue weighted by molar-refractivity contribution is -0.139. The van der Waals surface area contributed by atoms with Gasteiger partial charge < -0.3 is 15.0 Å². The lowest BCUT2D eigenvalue weighted by Crippen LogP contribution is -2.53. The molecule has 1 fully saturated rings. The van der Waals surface area contributed by atoms with E-state index in [1.165, 1.54) is 24.1 Å². The number of carbonyl (C=O) groups excluding carboxylic acids is 2. The van der Waals surface area contributed by atoms with Crippen LogP contribution in [0.3, 0.4) is 0 Å². The number of nitrogens with one attached hydrogen (secondary N) is 1. The van der Waals surface area contributed by atoms with Gasteiger partial charge in [-0.25, -0.2) is 8.42 Å². The Morgan fingerprint density at radius 2 is 1.56 bits per heavy atom. The average Bonchev–Trinajstić information content (AvgIpc) is 2.99. The third-order valence-electron chi connectivity index (χ3n) is 7.56. The molecular formula is C32H39N3O5S. The number of rotatable bonds is 11. The molecule has 0 aromatic heterocycles. The quantitative estimate of drug-likeness (QED) is 0.344. The lowest BCUT2D eigenvalue weighted by Gasteiger charge is -2.33. The molecule has 0 heterocycles. The molecule has 0 spiro atoms. The van der Waals surface area contributed by atoms with E-state index in [0.29, 0.717) is 5.75 Å². The molecule has 3 aromatic rings. The number of ether oxygens (including phenoxy) is 1. The standard InChI is InChI=1S/C32H39N3O5S/c1-24-18-20-28(21-19-24)41(38,39)35(29-16-10-11-17-30(29)40-3)23-31(36)34(22-26-12-6-4-7-13-26)25(2)32(37)33-27-14-8-5-9-15-27/h4,6-7,10-13,16-21,25,27H,5,8-9,14-15,22-23H2,1-3H3,(H,33,37). The molecule has 0 radical (unpaired) electrons. The monoisotopic (exact) mass is 577 g/mol. The Kier molecular flexibility index (Phi) is 10.0. The van der Waals surface area contributed by atoms with Crippen LogP contribution in [0.25, 0.3) is 0 Å². The van der Waals surface area contributed by atoms with Gasteiger partial charge in [-0.1, -0.05) is 79.4 Å². The second-order valence-corrected chi connectivity index (χ2v) is 12.4. The minimum atomic E-state index is -4.17. The minimum absolute atomic E-state index is 0.0551. The summed E-state index contributed by atoms with van der Waals surface area (Å²) in [6.07, 6.45) is 5.13. The van der Waals surface area contributed by atoms with Gasteiger partial charge in [-0.15, -0.1) is 0 Å². The van der Waals surface area contributed by atoms with Crippen LogP contribution in [-0.4, -0.2) is 50.9 Å². The smallest absolute Gasteiger partial charge is 0.264 e. The van der Waals surface area contributed by atoms with Crippen molar-refractivity contribution in [2.24, 2.45) is 0 Å². The zero-order chi connectivity index (χ0) is 29.4. The molecule has 1 atom stereocenters. The molecule has 1 aliphatic carbocycles. The third-order valence-corrected chi connectivity index (χ3v) is 9.33. The Bertz CT molecular complexity index is 1420. The molecule has 0 saturated heterocycles. The van der Waals surface area contributed by atoms with Crippen molar-refractivity contribution >= 4 is 27.5 Å². The van der Waals surface area contributed by atoms with Crippen LogP contribution < -0.4 is 14.4 Å². The molecule has 0 bridgehead atoms. The maximum atomic E-state index is 14.1. The van der Waals surface area contributed by atoms with Gasteiger partial charge in [-0.05, 0) is 56.5 Å². The minimum Gasteiger partial charge on any atom is -0.495 e. The van der Waals surface area contributed by atoms with E-state index in [-0.39, 0.29) is 29.1 Å². The van der Waals surface area contributed by atoms with Crippen molar-refractivity contribution in [1.82, 2.24) is 10.2 Å². The fourth-order valence-corrected chi connectivity index (χ4v) is 6.54. The summed E-state index contributed by atoms with van der Waals surface area (Å²) < 4.78 is 34.6. The summed E-state index contributed by atoms with van der Waals surface area (Å²) in [5.41, 5.74) is 1.99. The third kappa shape index (κ3) is 7.47. The maximum Gasteiger partial charge on any atom is 0.264 e. The van der Waals surface area contributed by atoms with E-state index in [2.05, 4.69) is 5.32 Å². The Hall–Kier alpha value is -3.85. The molecule has 1 saturated carbocycles. The van der Waals surface area contributed by atoms with E-state index >= 15 is 0 Å². The van der Waals surface area contributed by atoms with Crippen molar-refractivity contribution in [2.75, 3.05) is 18.0 Å². The van der Waals surface area contributed by atoms with Gasteiger partial charge in [0, 0.05) is 12.6 Å². The lowest BCUT2D eigenvalue weighted by atomic mass is 9.95. The number of carbonyl (C=O) groups is 2. The summed E-state index contributed by atoms with van der Waals surface area (Å²) >= 11 is 0. The molecule has 1 unspecified atom stereocenters. The van der Waals surface area contributed by atoms with Crippen LogP contribution in [0.1, 0.15) is 50.2 Å². The molecule has 218 valence electrons. The molecule has 0 aliphatic heterocycles. The number of aryl methyl sites for hydroxylation is 1. The predicted octanol–water partition coefficient (Wildman–Crippen LogP) is 5.07. The summed E-state index contributed by atoms with van der Waals surface area (Å²) in [7, 11) is -2.71. The second kappa shape index (κ2) is 13.7. The van der Waals surface area contributed by atoms with Gasteiger partial charge in [-0.2, -0.15) is 0 Å². The molecule has 1 aliphatic rings. The first kappa shape index (κ1) is 30.1. The molecular weight excluding hydrogens is 538 g/mol. The van der Waals surface area contributed by atoms with Gasteiger partial charge in [-0.3, -0.25) is 13.9 Å². The first-order valence-corrected chi connectivity index (χ1v) is 15.5. The fourth-order valence-electron chi connectivity index (χ4n) is 5.12. The van der Waals surface area contributed by atoms with Crippen LogP contribution in [0.2, 0.25) is 0 Å². The number of hydrogen-bond donors (Lipinski definition) is 1. The number of anilines is 1. The van der Waals surface area contributed by atoms with Crippen LogP contribution in [0.4, 0.5) is 5.69 Å². The Morgan fingerprint density at radius 1 is 0.927 bits per heavy atom. The maximum absolute atomic E-state index is 14.1. The molecule has 4 rings (SSSR count). The summed E-state index contributed by atoms with van der Waals surface area (Å²) in [4.78, 5) is 29.0. The molecule has 3 aromatic carbocycles. The van der Waals surface area contributed by atoms with Crippen molar-refractivity contribution in [3.8, 4) is 5.75 Å². The molecule has 9 heteroatoms. The number of benzene rings is 3. The average molecular weight is 578 g/mol. The first-order valence-electron chi connectivity index (χ1n) is 14.1. The largest absolute Gasteiger partial charge is 0.495 e. The van der Waals surface area contributed by atoms with E-state index in [4.69, 9.17) is 4.74 Å². The highest BCUT2D eigenvalue weighted by Gasteiger charge is 2.34. The van der Waals surface area contributed by atoms with E-state index in [0.717, 1.165) is 47.5 Å². The number of hydrogen-bond acceptors (Lipinski definition) is 5. The highest BCUT2D eigenvalue weighted by atomic mass is 32.2. The van der Waals surface area contributed by atoms with Gasteiger partial charge in [0.1, 0.15) is 18.3 Å². The van der Waals surface area contributed by atoms with E-state index < -0.39 is 28.5 Å². The van der Waals surface area contributed by atoms with Gasteiger partial charge >= 0.3 is 0 Å². The van der Waals surface area contributed by atoms with Gasteiger partial charge in [0.2, 0.25) is 11.8 Å².